The number of halogens is 1. The average molecular weight is 326 g/mol. The summed E-state index contributed by atoms with van der Waals surface area (Å²) in [6.07, 6.45) is 2.11. The first-order valence-electron chi connectivity index (χ1n) is 7.75. The molecule has 2 aromatic carbocycles. The van der Waals surface area contributed by atoms with Gasteiger partial charge in [-0.05, 0) is 48.4 Å². The SMILES string of the molecule is COc1ccc2[nH]cc(C(C)NC(=O)Cc3ccc(F)cc3)c2c1. The minimum absolute atomic E-state index is 0.105. The Hall–Kier alpha value is -2.82. The summed E-state index contributed by atoms with van der Waals surface area (Å²) in [5, 5.41) is 4.00. The number of hydrogen-bond donors (Lipinski definition) is 2. The second-order valence-electron chi connectivity index (χ2n) is 5.75. The summed E-state index contributed by atoms with van der Waals surface area (Å²) >= 11 is 0. The number of hydrogen-bond acceptors (Lipinski definition) is 2. The maximum Gasteiger partial charge on any atom is 0.224 e. The maximum absolute atomic E-state index is 12.9. The van der Waals surface area contributed by atoms with Gasteiger partial charge in [0.15, 0.2) is 0 Å². The molecule has 3 aromatic rings. The summed E-state index contributed by atoms with van der Waals surface area (Å²) in [6, 6.07) is 11.6. The van der Waals surface area contributed by atoms with Crippen molar-refractivity contribution in [1.29, 1.82) is 0 Å². The zero-order valence-electron chi connectivity index (χ0n) is 13.6. The molecule has 0 saturated carbocycles. The second kappa shape index (κ2) is 6.74. The Morgan fingerprint density at radius 1 is 1.25 bits per heavy atom. The number of aromatic nitrogens is 1. The Bertz CT molecular complexity index is 855. The molecule has 0 aliphatic heterocycles. The van der Waals surface area contributed by atoms with Crippen LogP contribution in [0.4, 0.5) is 4.39 Å². The third-order valence-electron chi connectivity index (χ3n) is 4.04. The molecular formula is C19H19FN2O2. The summed E-state index contributed by atoms with van der Waals surface area (Å²) in [7, 11) is 1.63. The lowest BCUT2D eigenvalue weighted by atomic mass is 10.1. The van der Waals surface area contributed by atoms with Crippen LogP contribution in [0.25, 0.3) is 10.9 Å². The van der Waals surface area contributed by atoms with Crippen LogP contribution >= 0.6 is 0 Å². The van der Waals surface area contributed by atoms with Gasteiger partial charge in [-0.1, -0.05) is 12.1 Å². The highest BCUT2D eigenvalue weighted by Crippen LogP contribution is 2.27. The highest BCUT2D eigenvalue weighted by Gasteiger charge is 2.14. The molecule has 1 heterocycles. The van der Waals surface area contributed by atoms with E-state index in [1.165, 1.54) is 12.1 Å². The van der Waals surface area contributed by atoms with Crippen LogP contribution in [0.15, 0.2) is 48.7 Å². The van der Waals surface area contributed by atoms with E-state index in [4.69, 9.17) is 4.74 Å². The predicted molar refractivity (Wildman–Crippen MR) is 91.5 cm³/mol. The minimum atomic E-state index is -0.305. The van der Waals surface area contributed by atoms with Gasteiger partial charge < -0.3 is 15.0 Å². The zero-order chi connectivity index (χ0) is 17.1. The van der Waals surface area contributed by atoms with Crippen LogP contribution in [-0.2, 0) is 11.2 Å². The smallest absolute Gasteiger partial charge is 0.224 e. The summed E-state index contributed by atoms with van der Waals surface area (Å²) < 4.78 is 18.2. The number of ether oxygens (including phenoxy) is 1. The highest BCUT2D eigenvalue weighted by molar-refractivity contribution is 5.86. The largest absolute Gasteiger partial charge is 0.497 e. The van der Waals surface area contributed by atoms with Crippen molar-refractivity contribution in [2.45, 2.75) is 19.4 Å². The number of nitrogens with one attached hydrogen (secondary N) is 2. The third-order valence-corrected chi connectivity index (χ3v) is 4.04. The molecule has 24 heavy (non-hydrogen) atoms. The average Bonchev–Trinajstić information content (AvgIpc) is 3.00. The molecule has 124 valence electrons. The van der Waals surface area contributed by atoms with Gasteiger partial charge in [0.05, 0.1) is 19.6 Å². The fourth-order valence-electron chi connectivity index (χ4n) is 2.76. The van der Waals surface area contributed by atoms with Gasteiger partial charge in [0.2, 0.25) is 5.91 Å². The van der Waals surface area contributed by atoms with Crippen molar-refractivity contribution in [3.05, 3.63) is 65.6 Å². The molecule has 1 aromatic heterocycles. The molecule has 5 heteroatoms. The first-order chi connectivity index (χ1) is 11.6. The normalized spacial score (nSPS) is 12.1. The number of rotatable bonds is 5. The van der Waals surface area contributed by atoms with E-state index in [0.29, 0.717) is 0 Å². The van der Waals surface area contributed by atoms with Crippen molar-refractivity contribution < 1.29 is 13.9 Å². The van der Waals surface area contributed by atoms with E-state index < -0.39 is 0 Å². The zero-order valence-corrected chi connectivity index (χ0v) is 13.6. The number of carbonyl (C=O) groups excluding carboxylic acids is 1. The Morgan fingerprint density at radius 2 is 2.00 bits per heavy atom. The van der Waals surface area contributed by atoms with E-state index in [9.17, 15) is 9.18 Å². The first kappa shape index (κ1) is 16.1. The second-order valence-corrected chi connectivity index (χ2v) is 5.75. The van der Waals surface area contributed by atoms with E-state index in [1.807, 2.05) is 31.3 Å². The van der Waals surface area contributed by atoms with E-state index in [-0.39, 0.29) is 24.2 Å². The van der Waals surface area contributed by atoms with E-state index in [1.54, 1.807) is 19.2 Å². The lowest BCUT2D eigenvalue weighted by Crippen LogP contribution is -2.28. The van der Waals surface area contributed by atoms with Crippen molar-refractivity contribution >= 4 is 16.8 Å². The van der Waals surface area contributed by atoms with Crippen molar-refractivity contribution in [2.24, 2.45) is 0 Å². The molecule has 0 bridgehead atoms. The number of methoxy groups -OCH3 is 1. The Labute approximate surface area is 139 Å². The highest BCUT2D eigenvalue weighted by atomic mass is 19.1. The Balaban J connectivity index is 1.73. The standard InChI is InChI=1S/C19H19FN2O2/c1-12(22-19(23)9-13-3-5-14(20)6-4-13)17-11-21-18-8-7-15(24-2)10-16(17)18/h3-8,10-12,21H,9H2,1-2H3,(H,22,23). The number of fused-ring (bicyclic) bond motifs is 1. The minimum Gasteiger partial charge on any atom is -0.497 e. The predicted octanol–water partition coefficient (Wildman–Crippen LogP) is 3.74. The molecule has 0 aliphatic carbocycles. The molecule has 4 nitrogen and oxygen atoms in total. The summed E-state index contributed by atoms with van der Waals surface area (Å²) in [6.45, 7) is 1.94. The van der Waals surface area contributed by atoms with Crippen molar-refractivity contribution in [3.8, 4) is 5.75 Å². The molecule has 0 aliphatic rings. The van der Waals surface area contributed by atoms with E-state index >= 15 is 0 Å². The van der Waals surface area contributed by atoms with Crippen LogP contribution < -0.4 is 10.1 Å². The molecule has 0 spiro atoms. The molecule has 1 amide bonds. The number of aromatic amines is 1. The molecule has 1 unspecified atom stereocenters. The van der Waals surface area contributed by atoms with Crippen LogP contribution in [0.3, 0.4) is 0 Å². The summed E-state index contributed by atoms with van der Waals surface area (Å²) in [5.41, 5.74) is 2.77. The van der Waals surface area contributed by atoms with Gasteiger partial charge in [-0.15, -0.1) is 0 Å². The van der Waals surface area contributed by atoms with Gasteiger partial charge in [0.25, 0.3) is 0 Å². The summed E-state index contributed by atoms with van der Waals surface area (Å²) in [5.74, 6) is 0.361. The lowest BCUT2D eigenvalue weighted by molar-refractivity contribution is -0.121. The molecule has 0 saturated heterocycles. The molecule has 1 atom stereocenters. The number of amides is 1. The fourth-order valence-corrected chi connectivity index (χ4v) is 2.76. The van der Waals surface area contributed by atoms with E-state index in [0.717, 1.165) is 27.8 Å². The Kier molecular flexibility index (Phi) is 4.51. The quantitative estimate of drug-likeness (QED) is 0.750. The van der Waals surface area contributed by atoms with Crippen LogP contribution in [0.2, 0.25) is 0 Å². The molecule has 2 N–H and O–H groups in total. The van der Waals surface area contributed by atoms with Crippen molar-refractivity contribution in [2.75, 3.05) is 7.11 Å². The number of H-pyrrole nitrogens is 1. The van der Waals surface area contributed by atoms with Gasteiger partial charge in [0.1, 0.15) is 11.6 Å². The van der Waals surface area contributed by atoms with Gasteiger partial charge in [0, 0.05) is 17.1 Å². The summed E-state index contributed by atoms with van der Waals surface area (Å²) in [4.78, 5) is 15.4. The van der Waals surface area contributed by atoms with Gasteiger partial charge in [-0.2, -0.15) is 0 Å². The topological polar surface area (TPSA) is 54.1 Å². The van der Waals surface area contributed by atoms with E-state index in [2.05, 4.69) is 10.3 Å². The number of benzene rings is 2. The molecular weight excluding hydrogens is 307 g/mol. The first-order valence-corrected chi connectivity index (χ1v) is 7.75. The van der Waals surface area contributed by atoms with Gasteiger partial charge in [-0.3, -0.25) is 4.79 Å². The van der Waals surface area contributed by atoms with Crippen molar-refractivity contribution in [3.63, 3.8) is 0 Å². The van der Waals surface area contributed by atoms with Gasteiger partial charge in [-0.25, -0.2) is 4.39 Å². The van der Waals surface area contributed by atoms with Crippen LogP contribution in [0.1, 0.15) is 24.1 Å². The van der Waals surface area contributed by atoms with Crippen LogP contribution in [0, 0.1) is 5.82 Å². The Morgan fingerprint density at radius 3 is 2.71 bits per heavy atom. The third kappa shape index (κ3) is 3.40. The maximum atomic E-state index is 12.9. The van der Waals surface area contributed by atoms with Crippen LogP contribution in [0.5, 0.6) is 5.75 Å². The molecule has 0 radical (unpaired) electrons. The van der Waals surface area contributed by atoms with Gasteiger partial charge >= 0.3 is 0 Å². The molecule has 3 rings (SSSR count). The van der Waals surface area contributed by atoms with Crippen molar-refractivity contribution in [1.82, 2.24) is 10.3 Å². The lowest BCUT2D eigenvalue weighted by Gasteiger charge is -2.14. The fraction of sp³-hybridized carbons (Fsp3) is 0.211. The monoisotopic (exact) mass is 326 g/mol. The van der Waals surface area contributed by atoms with Crippen LogP contribution in [-0.4, -0.2) is 18.0 Å². The molecule has 0 fully saturated rings. The number of carbonyl (C=O) groups is 1.